The van der Waals surface area contributed by atoms with Crippen molar-refractivity contribution in [3.63, 3.8) is 0 Å². The molecule has 0 aliphatic carbocycles. The number of anilines is 1. The number of carbonyl (C=O) groups excluding carboxylic acids is 3. The van der Waals surface area contributed by atoms with Crippen LogP contribution in [-0.2, 0) is 16.0 Å². The van der Waals surface area contributed by atoms with E-state index in [0.29, 0.717) is 22.7 Å². The molecule has 0 fully saturated rings. The van der Waals surface area contributed by atoms with Gasteiger partial charge in [0.2, 0.25) is 5.91 Å². The first-order valence-electron chi connectivity index (χ1n) is 8.32. The molecule has 0 spiro atoms. The van der Waals surface area contributed by atoms with Crippen molar-refractivity contribution >= 4 is 29.3 Å². The number of esters is 1. The highest BCUT2D eigenvalue weighted by molar-refractivity contribution is 5.99. The van der Waals surface area contributed by atoms with Gasteiger partial charge in [0.25, 0.3) is 0 Å². The summed E-state index contributed by atoms with van der Waals surface area (Å²) in [6.07, 6.45) is 2.89. The minimum Gasteiger partial charge on any atom is -0.467 e. The molecule has 1 aromatic carbocycles. The van der Waals surface area contributed by atoms with Crippen molar-refractivity contribution in [2.24, 2.45) is 5.16 Å². The molecule has 0 aliphatic heterocycles. The second-order valence-electron chi connectivity index (χ2n) is 5.93. The summed E-state index contributed by atoms with van der Waals surface area (Å²) in [5.41, 5.74) is 2.07. The molecule has 0 radical (unpaired) electrons. The van der Waals surface area contributed by atoms with Gasteiger partial charge in [0.1, 0.15) is 12.4 Å². The van der Waals surface area contributed by atoms with Crippen LogP contribution in [-0.4, -0.2) is 51.5 Å². The van der Waals surface area contributed by atoms with Crippen LogP contribution in [0.25, 0.3) is 0 Å². The average Bonchev–Trinajstić information content (AvgIpc) is 3.15. The van der Waals surface area contributed by atoms with Gasteiger partial charge < -0.3 is 20.6 Å². The molecule has 0 saturated heterocycles. The third kappa shape index (κ3) is 5.40. The zero-order valence-electron chi connectivity index (χ0n) is 15.7. The van der Waals surface area contributed by atoms with Crippen molar-refractivity contribution in [2.75, 3.05) is 12.4 Å². The number of rotatable bonds is 6. The van der Waals surface area contributed by atoms with Crippen molar-refractivity contribution in [1.29, 1.82) is 0 Å². The van der Waals surface area contributed by atoms with Gasteiger partial charge in [0, 0.05) is 25.2 Å². The van der Waals surface area contributed by atoms with Crippen LogP contribution in [0.3, 0.4) is 0 Å². The largest absolute Gasteiger partial charge is 0.467 e. The third-order valence-electron chi connectivity index (χ3n) is 3.91. The van der Waals surface area contributed by atoms with Crippen molar-refractivity contribution in [3.8, 4) is 0 Å². The molecule has 1 heterocycles. The number of urea groups is 1. The van der Waals surface area contributed by atoms with Crippen LogP contribution in [0.2, 0.25) is 0 Å². The van der Waals surface area contributed by atoms with Crippen LogP contribution >= 0.6 is 0 Å². The summed E-state index contributed by atoms with van der Waals surface area (Å²) in [6, 6.07) is 5.02. The van der Waals surface area contributed by atoms with Gasteiger partial charge in [0.15, 0.2) is 0 Å². The summed E-state index contributed by atoms with van der Waals surface area (Å²) in [5, 5.41) is 17.0. The Bertz CT molecular complexity index is 888. The van der Waals surface area contributed by atoms with E-state index in [1.807, 2.05) is 0 Å². The van der Waals surface area contributed by atoms with Crippen molar-refractivity contribution < 1.29 is 24.3 Å². The maximum absolute atomic E-state index is 12.2. The van der Waals surface area contributed by atoms with E-state index in [1.165, 1.54) is 31.1 Å². The van der Waals surface area contributed by atoms with Crippen LogP contribution < -0.4 is 10.6 Å². The molecule has 1 atom stereocenters. The Balaban J connectivity index is 2.03. The predicted molar refractivity (Wildman–Crippen MR) is 101 cm³/mol. The topological polar surface area (TPSA) is 135 Å². The number of carbonyl (C=O) groups is 3. The highest BCUT2D eigenvalue weighted by Gasteiger charge is 2.23. The van der Waals surface area contributed by atoms with Gasteiger partial charge in [-0.2, -0.15) is 0 Å². The van der Waals surface area contributed by atoms with Gasteiger partial charge in [0.05, 0.1) is 18.5 Å². The number of hydrogen-bond donors (Lipinski definition) is 3. The fourth-order valence-corrected chi connectivity index (χ4v) is 2.36. The zero-order chi connectivity index (χ0) is 20.7. The summed E-state index contributed by atoms with van der Waals surface area (Å²) in [4.78, 5) is 39.6. The lowest BCUT2D eigenvalue weighted by molar-refractivity contribution is -0.142. The Kier molecular flexibility index (Phi) is 6.85. The van der Waals surface area contributed by atoms with E-state index in [1.54, 1.807) is 31.2 Å². The lowest BCUT2D eigenvalue weighted by Crippen LogP contribution is -2.45. The summed E-state index contributed by atoms with van der Waals surface area (Å²) >= 11 is 0. The first-order chi connectivity index (χ1) is 13.3. The van der Waals surface area contributed by atoms with Crippen LogP contribution in [0.5, 0.6) is 0 Å². The van der Waals surface area contributed by atoms with Gasteiger partial charge in [-0.05, 0) is 24.6 Å². The molecule has 2 amide bonds. The summed E-state index contributed by atoms with van der Waals surface area (Å²) in [5.74, 6) is -0.860. The minimum atomic E-state index is -0.983. The Morgan fingerprint density at radius 1 is 1.25 bits per heavy atom. The number of imidazole rings is 1. The summed E-state index contributed by atoms with van der Waals surface area (Å²) < 4.78 is 6.01. The monoisotopic (exact) mass is 387 g/mol. The number of nitrogens with one attached hydrogen (secondary N) is 2. The van der Waals surface area contributed by atoms with Crippen LogP contribution in [0.15, 0.2) is 41.9 Å². The molecule has 28 heavy (non-hydrogen) atoms. The predicted octanol–water partition coefficient (Wildman–Crippen LogP) is 1.65. The molecule has 1 aromatic heterocycles. The Labute approximate surface area is 161 Å². The summed E-state index contributed by atoms with van der Waals surface area (Å²) in [7, 11) is 1.22. The van der Waals surface area contributed by atoms with E-state index >= 15 is 0 Å². The number of ether oxygens (including phenoxy) is 1. The van der Waals surface area contributed by atoms with Gasteiger partial charge in [-0.25, -0.2) is 14.6 Å². The SMILES string of the molecule is COC(=O)C(Cc1cn(C(C)=O)cn1)NC(=O)Nc1ccc(C(C)=NO)cc1. The number of amides is 2. The Hall–Kier alpha value is -3.69. The molecular formula is C18H21N5O5. The lowest BCUT2D eigenvalue weighted by Gasteiger charge is -2.16. The third-order valence-corrected chi connectivity index (χ3v) is 3.91. The van der Waals surface area contributed by atoms with Gasteiger partial charge in [-0.1, -0.05) is 17.3 Å². The smallest absolute Gasteiger partial charge is 0.328 e. The number of benzene rings is 1. The first kappa shape index (κ1) is 20.6. The molecule has 0 saturated carbocycles. The Morgan fingerprint density at radius 2 is 1.93 bits per heavy atom. The zero-order valence-corrected chi connectivity index (χ0v) is 15.7. The molecule has 2 aromatic rings. The van der Waals surface area contributed by atoms with Crippen LogP contribution in [0, 0.1) is 0 Å². The van der Waals surface area contributed by atoms with Crippen LogP contribution in [0.1, 0.15) is 29.9 Å². The summed E-state index contributed by atoms with van der Waals surface area (Å²) in [6.45, 7) is 3.03. The molecule has 1 unspecified atom stereocenters. The van der Waals surface area contributed by atoms with E-state index < -0.39 is 18.0 Å². The Morgan fingerprint density at radius 3 is 2.46 bits per heavy atom. The average molecular weight is 387 g/mol. The highest BCUT2D eigenvalue weighted by Crippen LogP contribution is 2.11. The minimum absolute atomic E-state index is 0.0610. The van der Waals surface area contributed by atoms with Crippen molar-refractivity contribution in [2.45, 2.75) is 26.3 Å². The van der Waals surface area contributed by atoms with Gasteiger partial charge in [-0.15, -0.1) is 0 Å². The molecule has 10 nitrogen and oxygen atoms in total. The maximum Gasteiger partial charge on any atom is 0.328 e. The molecule has 2 rings (SSSR count). The van der Waals surface area contributed by atoms with E-state index in [-0.39, 0.29) is 12.3 Å². The standard InChI is InChI=1S/C18H21N5O5/c1-11(22-27)13-4-6-14(7-5-13)20-18(26)21-16(17(25)28-3)8-15-9-23(10-19-15)12(2)24/h4-7,9-10,16,27H,8H2,1-3H3,(H2,20,21,26). The molecule has 0 bridgehead atoms. The van der Waals surface area contributed by atoms with Gasteiger partial charge in [-0.3, -0.25) is 9.36 Å². The quantitative estimate of drug-likeness (QED) is 0.298. The van der Waals surface area contributed by atoms with E-state index in [9.17, 15) is 14.4 Å². The second-order valence-corrected chi connectivity index (χ2v) is 5.93. The van der Waals surface area contributed by atoms with E-state index in [2.05, 4.69) is 20.8 Å². The van der Waals surface area contributed by atoms with Gasteiger partial charge >= 0.3 is 12.0 Å². The second kappa shape index (κ2) is 9.31. The number of oxime groups is 1. The number of aromatic nitrogens is 2. The molecule has 3 N–H and O–H groups in total. The molecule has 0 aliphatic rings. The molecular weight excluding hydrogens is 366 g/mol. The number of hydrogen-bond acceptors (Lipinski definition) is 7. The first-order valence-corrected chi connectivity index (χ1v) is 8.32. The van der Waals surface area contributed by atoms with Crippen LogP contribution in [0.4, 0.5) is 10.5 Å². The maximum atomic E-state index is 12.2. The van der Waals surface area contributed by atoms with Crippen molar-refractivity contribution in [3.05, 3.63) is 48.0 Å². The lowest BCUT2D eigenvalue weighted by atomic mass is 10.1. The fourth-order valence-electron chi connectivity index (χ4n) is 2.36. The normalized spacial score (nSPS) is 12.2. The fraction of sp³-hybridized carbons (Fsp3) is 0.278. The van der Waals surface area contributed by atoms with E-state index in [0.717, 1.165) is 0 Å². The molecule has 10 heteroatoms. The number of nitrogens with zero attached hydrogens (tertiary/aromatic N) is 3. The number of methoxy groups -OCH3 is 1. The van der Waals surface area contributed by atoms with E-state index in [4.69, 9.17) is 9.94 Å². The highest BCUT2D eigenvalue weighted by atomic mass is 16.5. The molecule has 148 valence electrons. The van der Waals surface area contributed by atoms with Crippen molar-refractivity contribution in [1.82, 2.24) is 14.9 Å².